The summed E-state index contributed by atoms with van der Waals surface area (Å²) in [6.07, 6.45) is 4.33. The van der Waals surface area contributed by atoms with Gasteiger partial charge in [-0.25, -0.2) is 8.42 Å². The van der Waals surface area contributed by atoms with Gasteiger partial charge in [0.05, 0.1) is 4.90 Å². The first-order valence-corrected chi connectivity index (χ1v) is 11.1. The number of nitrogens with one attached hydrogen (secondary N) is 2. The molecule has 2 N–H and O–H groups in total. The van der Waals surface area contributed by atoms with Crippen LogP contribution in [0.3, 0.4) is 0 Å². The smallest absolute Gasteiger partial charge is 0.261 e. The minimum atomic E-state index is -3.69. The van der Waals surface area contributed by atoms with E-state index in [0.29, 0.717) is 23.3 Å². The van der Waals surface area contributed by atoms with Crippen LogP contribution >= 0.6 is 12.4 Å². The monoisotopic (exact) mass is 435 g/mol. The molecule has 2 aliphatic heterocycles. The zero-order valence-corrected chi connectivity index (χ0v) is 17.9. The van der Waals surface area contributed by atoms with Gasteiger partial charge in [0.25, 0.3) is 15.9 Å². The lowest BCUT2D eigenvalue weighted by molar-refractivity contribution is 0.0681. The Labute approximate surface area is 178 Å². The van der Waals surface area contributed by atoms with Crippen LogP contribution in [0.5, 0.6) is 0 Å². The average Bonchev–Trinajstić information content (AvgIpc) is 3.05. The van der Waals surface area contributed by atoms with Crippen LogP contribution in [0.2, 0.25) is 0 Å². The van der Waals surface area contributed by atoms with Gasteiger partial charge >= 0.3 is 0 Å². The molecular formula is C21H26ClN3O3S. The summed E-state index contributed by atoms with van der Waals surface area (Å²) in [5.74, 6) is -0.0636. The molecule has 8 heteroatoms. The molecule has 0 radical (unpaired) electrons. The molecule has 2 aromatic rings. The highest BCUT2D eigenvalue weighted by atomic mass is 35.5. The van der Waals surface area contributed by atoms with Gasteiger partial charge in [0.15, 0.2) is 0 Å². The second kappa shape index (κ2) is 8.73. The highest BCUT2D eigenvalue weighted by Gasteiger charge is 2.36. The number of sulfonamides is 1. The first-order valence-electron chi connectivity index (χ1n) is 9.63. The molecule has 0 saturated carbocycles. The molecule has 1 amide bonds. The molecule has 0 aliphatic carbocycles. The second-order valence-corrected chi connectivity index (χ2v) is 9.36. The molecule has 29 heavy (non-hydrogen) atoms. The number of amides is 1. The largest absolute Gasteiger partial charge is 0.339 e. The number of carbonyl (C=O) groups excluding carboxylic acids is 1. The summed E-state index contributed by atoms with van der Waals surface area (Å²) in [4.78, 5) is 14.8. The summed E-state index contributed by atoms with van der Waals surface area (Å²) in [5, 5.41) is 3.59. The molecule has 2 aliphatic rings. The van der Waals surface area contributed by atoms with Crippen molar-refractivity contribution in [3.8, 4) is 0 Å². The van der Waals surface area contributed by atoms with Crippen LogP contribution in [0.1, 0.15) is 36.0 Å². The lowest BCUT2D eigenvalue weighted by Crippen LogP contribution is -2.48. The summed E-state index contributed by atoms with van der Waals surface area (Å²) in [7, 11) is -1.84. The predicted octanol–water partition coefficient (Wildman–Crippen LogP) is 3.26. The number of anilines is 1. The van der Waals surface area contributed by atoms with Crippen LogP contribution in [-0.4, -0.2) is 44.4 Å². The summed E-state index contributed by atoms with van der Waals surface area (Å²) < 4.78 is 27.6. The van der Waals surface area contributed by atoms with Crippen molar-refractivity contribution >= 4 is 34.0 Å². The van der Waals surface area contributed by atoms with E-state index in [1.165, 1.54) is 25.0 Å². The Morgan fingerprint density at radius 3 is 2.17 bits per heavy atom. The number of benzene rings is 2. The lowest BCUT2D eigenvalue weighted by Gasteiger charge is -2.35. The summed E-state index contributed by atoms with van der Waals surface area (Å²) in [6.45, 7) is 0. The topological polar surface area (TPSA) is 78.5 Å². The van der Waals surface area contributed by atoms with Gasteiger partial charge in [-0.05, 0) is 62.1 Å². The van der Waals surface area contributed by atoms with Crippen molar-refractivity contribution in [2.45, 2.75) is 48.7 Å². The molecule has 156 valence electrons. The maximum absolute atomic E-state index is 12.9. The fraction of sp³-hybridized carbons (Fsp3) is 0.381. The van der Waals surface area contributed by atoms with Gasteiger partial charge in [0, 0.05) is 36.4 Å². The Hall–Kier alpha value is -2.09. The Morgan fingerprint density at radius 1 is 1.00 bits per heavy atom. The zero-order chi connectivity index (χ0) is 19.7. The van der Waals surface area contributed by atoms with Crippen molar-refractivity contribution < 1.29 is 13.2 Å². The van der Waals surface area contributed by atoms with Crippen LogP contribution < -0.4 is 10.0 Å². The Balaban J connectivity index is 0.00000240. The summed E-state index contributed by atoms with van der Waals surface area (Å²) in [5.41, 5.74) is 1.01. The van der Waals surface area contributed by atoms with E-state index in [1.54, 1.807) is 36.4 Å². The second-order valence-electron chi connectivity index (χ2n) is 7.68. The normalized spacial score (nSPS) is 23.1. The van der Waals surface area contributed by atoms with E-state index in [2.05, 4.69) is 10.0 Å². The number of rotatable bonds is 5. The number of hydrogen-bond donors (Lipinski definition) is 2. The van der Waals surface area contributed by atoms with E-state index in [-0.39, 0.29) is 29.3 Å². The van der Waals surface area contributed by atoms with E-state index in [1.807, 2.05) is 18.0 Å². The maximum atomic E-state index is 12.9. The van der Waals surface area contributed by atoms with Gasteiger partial charge in [0.1, 0.15) is 0 Å². The molecule has 0 spiro atoms. The van der Waals surface area contributed by atoms with Gasteiger partial charge < -0.3 is 10.2 Å². The van der Waals surface area contributed by atoms with Crippen molar-refractivity contribution in [1.29, 1.82) is 0 Å². The molecule has 2 fully saturated rings. The van der Waals surface area contributed by atoms with E-state index in [9.17, 15) is 13.2 Å². The van der Waals surface area contributed by atoms with Crippen LogP contribution in [0.25, 0.3) is 0 Å². The highest BCUT2D eigenvalue weighted by molar-refractivity contribution is 7.92. The van der Waals surface area contributed by atoms with Gasteiger partial charge in [0.2, 0.25) is 0 Å². The first-order chi connectivity index (χ1) is 13.4. The SMILES string of the molecule is CN(C(=O)c1ccc(S(=O)(=O)Nc2ccccc2)cc1)C1CC2CCC(C1)N2.Cl. The molecule has 6 nitrogen and oxygen atoms in total. The van der Waals surface area contributed by atoms with E-state index < -0.39 is 10.0 Å². The van der Waals surface area contributed by atoms with Crippen molar-refractivity contribution in [1.82, 2.24) is 10.2 Å². The third kappa shape index (κ3) is 4.74. The Kier molecular flexibility index (Phi) is 6.51. The molecular weight excluding hydrogens is 410 g/mol. The number of carbonyl (C=O) groups is 1. The number of hydrogen-bond acceptors (Lipinski definition) is 4. The first kappa shape index (κ1) is 21.6. The van der Waals surface area contributed by atoms with Crippen molar-refractivity contribution in [3.63, 3.8) is 0 Å². The summed E-state index contributed by atoms with van der Waals surface area (Å²) in [6, 6.07) is 16.1. The number of para-hydroxylation sites is 1. The maximum Gasteiger partial charge on any atom is 0.261 e. The van der Waals surface area contributed by atoms with E-state index >= 15 is 0 Å². The highest BCUT2D eigenvalue weighted by Crippen LogP contribution is 2.30. The van der Waals surface area contributed by atoms with Gasteiger partial charge in [-0.3, -0.25) is 9.52 Å². The van der Waals surface area contributed by atoms with Gasteiger partial charge in [-0.2, -0.15) is 0 Å². The van der Waals surface area contributed by atoms with Crippen LogP contribution in [0, 0.1) is 0 Å². The van der Waals surface area contributed by atoms with Crippen molar-refractivity contribution in [2.24, 2.45) is 0 Å². The Bertz CT molecular complexity index is 939. The van der Waals surface area contributed by atoms with Crippen molar-refractivity contribution in [2.75, 3.05) is 11.8 Å². The molecule has 2 aromatic carbocycles. The molecule has 2 unspecified atom stereocenters. The third-order valence-corrected chi connectivity index (χ3v) is 7.15. The molecule has 4 rings (SSSR count). The number of fused-ring (bicyclic) bond motifs is 2. The predicted molar refractivity (Wildman–Crippen MR) is 116 cm³/mol. The van der Waals surface area contributed by atoms with Gasteiger partial charge in [-0.1, -0.05) is 18.2 Å². The molecule has 2 bridgehead atoms. The molecule has 2 heterocycles. The number of nitrogens with zero attached hydrogens (tertiary/aromatic N) is 1. The minimum Gasteiger partial charge on any atom is -0.339 e. The summed E-state index contributed by atoms with van der Waals surface area (Å²) >= 11 is 0. The van der Waals surface area contributed by atoms with E-state index in [0.717, 1.165) is 12.8 Å². The lowest BCUT2D eigenvalue weighted by atomic mass is 9.98. The van der Waals surface area contributed by atoms with E-state index in [4.69, 9.17) is 0 Å². The fourth-order valence-electron chi connectivity index (χ4n) is 4.21. The molecule has 2 saturated heterocycles. The average molecular weight is 436 g/mol. The Morgan fingerprint density at radius 2 is 1.59 bits per heavy atom. The van der Waals surface area contributed by atoms with Gasteiger partial charge in [-0.15, -0.1) is 12.4 Å². The zero-order valence-electron chi connectivity index (χ0n) is 16.2. The van der Waals surface area contributed by atoms with Crippen molar-refractivity contribution in [3.05, 3.63) is 60.2 Å². The standard InChI is InChI=1S/C21H25N3O3S.ClH/c1-24(19-13-17-9-10-18(14-19)22-17)21(25)15-7-11-20(12-8-15)28(26,27)23-16-5-3-2-4-6-16;/h2-8,11-12,17-19,22-23H,9-10,13-14H2,1H3;1H. The van der Waals surface area contributed by atoms with Crippen LogP contribution in [0.4, 0.5) is 5.69 Å². The van der Waals surface area contributed by atoms with Crippen LogP contribution in [-0.2, 0) is 10.0 Å². The minimum absolute atomic E-state index is 0. The molecule has 0 aromatic heterocycles. The third-order valence-electron chi connectivity index (χ3n) is 5.75. The number of piperidine rings is 1. The number of halogens is 1. The fourth-order valence-corrected chi connectivity index (χ4v) is 5.27. The molecule has 2 atom stereocenters. The van der Waals surface area contributed by atoms with Crippen LogP contribution in [0.15, 0.2) is 59.5 Å². The quantitative estimate of drug-likeness (QED) is 0.755.